The van der Waals surface area contributed by atoms with Crippen molar-refractivity contribution < 1.29 is 14.4 Å². The Hall–Kier alpha value is -1.61. The number of hydrogen-bond acceptors (Lipinski definition) is 2. The average Bonchev–Trinajstić information content (AvgIpc) is 2.34. The third-order valence-electron chi connectivity index (χ3n) is 2.61. The molecule has 0 aliphatic rings. The number of ether oxygens (including phenoxy) is 1. The summed E-state index contributed by atoms with van der Waals surface area (Å²) in [5, 5.41) is 0. The van der Waals surface area contributed by atoms with E-state index in [4.69, 9.17) is 4.74 Å². The van der Waals surface area contributed by atoms with Crippen LogP contribution < -0.4 is 4.90 Å². The summed E-state index contributed by atoms with van der Waals surface area (Å²) in [4.78, 5) is 12.9. The van der Waals surface area contributed by atoms with Crippen molar-refractivity contribution in [2.75, 3.05) is 14.1 Å². The van der Waals surface area contributed by atoms with Crippen LogP contribution in [0.4, 0.5) is 0 Å². The van der Waals surface area contributed by atoms with Gasteiger partial charge in [-0.1, -0.05) is 36.4 Å². The van der Waals surface area contributed by atoms with Gasteiger partial charge in [0, 0.05) is 6.42 Å². The fourth-order valence-corrected chi connectivity index (χ4v) is 1.56. The van der Waals surface area contributed by atoms with Gasteiger partial charge in [-0.2, -0.15) is 0 Å². The van der Waals surface area contributed by atoms with Gasteiger partial charge in [-0.05, 0) is 5.56 Å². The minimum atomic E-state index is -0.172. The molecule has 0 amide bonds. The number of rotatable bonds is 6. The zero-order valence-corrected chi connectivity index (χ0v) is 10.5. The van der Waals surface area contributed by atoms with Crippen LogP contribution in [0.1, 0.15) is 12.0 Å². The first-order valence-electron chi connectivity index (χ1n) is 5.76. The van der Waals surface area contributed by atoms with Crippen LogP contribution in [0.15, 0.2) is 43.0 Å². The molecule has 0 heterocycles. The largest absolute Gasteiger partial charge is 0.456 e. The summed E-state index contributed by atoms with van der Waals surface area (Å²) in [5.41, 5.74) is 1.01. The van der Waals surface area contributed by atoms with Gasteiger partial charge in [-0.25, -0.2) is 4.79 Å². The Bertz CT molecular complexity index is 360. The molecule has 1 aromatic rings. The van der Waals surface area contributed by atoms with Crippen LogP contribution in [0, 0.1) is 0 Å². The van der Waals surface area contributed by atoms with Gasteiger partial charge in [0.15, 0.2) is 6.04 Å². The van der Waals surface area contributed by atoms with Gasteiger partial charge in [0.25, 0.3) is 0 Å². The van der Waals surface area contributed by atoms with Crippen molar-refractivity contribution in [3.63, 3.8) is 0 Å². The van der Waals surface area contributed by atoms with E-state index >= 15 is 0 Å². The Kier molecular flexibility index (Phi) is 5.43. The van der Waals surface area contributed by atoms with Gasteiger partial charge in [0.2, 0.25) is 0 Å². The maximum absolute atomic E-state index is 11.9. The van der Waals surface area contributed by atoms with Gasteiger partial charge in [-0.15, -0.1) is 6.58 Å². The summed E-state index contributed by atoms with van der Waals surface area (Å²) in [7, 11) is 3.88. The molecule has 0 aliphatic carbocycles. The number of quaternary nitrogens is 1. The van der Waals surface area contributed by atoms with Crippen LogP contribution in [0.5, 0.6) is 0 Å². The van der Waals surface area contributed by atoms with Crippen molar-refractivity contribution in [2.45, 2.75) is 19.1 Å². The molecule has 0 bridgehead atoms. The first kappa shape index (κ1) is 13.5. The molecule has 1 aromatic carbocycles. The van der Waals surface area contributed by atoms with Crippen LogP contribution in [0.2, 0.25) is 0 Å². The van der Waals surface area contributed by atoms with Gasteiger partial charge in [-0.3, -0.25) is 0 Å². The van der Waals surface area contributed by atoms with Crippen molar-refractivity contribution in [1.82, 2.24) is 0 Å². The van der Waals surface area contributed by atoms with Crippen LogP contribution in [0.25, 0.3) is 0 Å². The molecule has 0 saturated heterocycles. The quantitative estimate of drug-likeness (QED) is 0.583. The van der Waals surface area contributed by atoms with Crippen molar-refractivity contribution in [1.29, 1.82) is 0 Å². The number of benzene rings is 1. The predicted octanol–water partition coefficient (Wildman–Crippen LogP) is 0.819. The van der Waals surface area contributed by atoms with E-state index in [1.807, 2.05) is 44.4 Å². The minimum Gasteiger partial charge on any atom is -0.456 e. The first-order chi connectivity index (χ1) is 8.15. The summed E-state index contributed by atoms with van der Waals surface area (Å²) in [6.07, 6.45) is 2.39. The van der Waals surface area contributed by atoms with E-state index in [1.54, 1.807) is 6.08 Å². The lowest BCUT2D eigenvalue weighted by molar-refractivity contribution is -0.876. The van der Waals surface area contributed by atoms with Gasteiger partial charge < -0.3 is 9.64 Å². The molecule has 1 atom stereocenters. The molecule has 0 fully saturated rings. The van der Waals surface area contributed by atoms with E-state index in [0.29, 0.717) is 13.0 Å². The molecular formula is C14H20NO2+. The Balaban J connectivity index is 2.50. The van der Waals surface area contributed by atoms with Gasteiger partial charge in [0.05, 0.1) is 14.1 Å². The van der Waals surface area contributed by atoms with E-state index in [2.05, 4.69) is 6.58 Å². The normalized spacial score (nSPS) is 12.2. The number of hydrogen-bond donors (Lipinski definition) is 1. The van der Waals surface area contributed by atoms with E-state index in [-0.39, 0.29) is 12.0 Å². The van der Waals surface area contributed by atoms with Crippen LogP contribution >= 0.6 is 0 Å². The third-order valence-corrected chi connectivity index (χ3v) is 2.61. The monoisotopic (exact) mass is 234 g/mol. The minimum absolute atomic E-state index is 0.170. The number of carbonyl (C=O) groups is 1. The Morgan fingerprint density at radius 2 is 2.06 bits per heavy atom. The second kappa shape index (κ2) is 6.86. The number of carbonyl (C=O) groups excluding carboxylic acids is 1. The molecule has 0 saturated carbocycles. The van der Waals surface area contributed by atoms with Crippen LogP contribution in [-0.2, 0) is 16.1 Å². The van der Waals surface area contributed by atoms with Crippen molar-refractivity contribution in [3.8, 4) is 0 Å². The Morgan fingerprint density at radius 3 is 2.59 bits per heavy atom. The molecule has 0 aromatic heterocycles. The molecule has 0 radical (unpaired) electrons. The highest BCUT2D eigenvalue weighted by Gasteiger charge is 2.24. The molecule has 1 rings (SSSR count). The Morgan fingerprint density at radius 1 is 1.41 bits per heavy atom. The molecule has 0 aliphatic heterocycles. The van der Waals surface area contributed by atoms with Gasteiger partial charge >= 0.3 is 5.97 Å². The summed E-state index contributed by atoms with van der Waals surface area (Å²) in [6, 6.07) is 9.52. The highest BCUT2D eigenvalue weighted by molar-refractivity contribution is 5.74. The SMILES string of the molecule is C=CCC(C(=O)OCc1ccccc1)[NH+](C)C. The van der Waals surface area contributed by atoms with Crippen molar-refractivity contribution >= 4 is 5.97 Å². The number of nitrogens with one attached hydrogen (secondary N) is 1. The molecule has 17 heavy (non-hydrogen) atoms. The molecular weight excluding hydrogens is 214 g/mol. The van der Waals surface area contributed by atoms with E-state index in [1.165, 1.54) is 0 Å². The van der Waals surface area contributed by atoms with Gasteiger partial charge in [0.1, 0.15) is 6.61 Å². The second-order valence-corrected chi connectivity index (χ2v) is 4.25. The maximum atomic E-state index is 11.9. The summed E-state index contributed by atoms with van der Waals surface area (Å²) < 4.78 is 5.30. The third kappa shape index (κ3) is 4.41. The highest BCUT2D eigenvalue weighted by Crippen LogP contribution is 2.02. The standard InChI is InChI=1S/C14H19NO2/c1-4-8-13(15(2)3)14(16)17-11-12-9-6-5-7-10-12/h4-7,9-10,13H,1,8,11H2,2-3H3/p+1. The van der Waals surface area contributed by atoms with E-state index in [0.717, 1.165) is 10.5 Å². The average molecular weight is 234 g/mol. The second-order valence-electron chi connectivity index (χ2n) is 4.25. The first-order valence-corrected chi connectivity index (χ1v) is 5.76. The predicted molar refractivity (Wildman–Crippen MR) is 67.7 cm³/mol. The molecule has 1 N–H and O–H groups in total. The molecule has 3 nitrogen and oxygen atoms in total. The molecule has 0 spiro atoms. The smallest absolute Gasteiger partial charge is 0.365 e. The van der Waals surface area contributed by atoms with Crippen molar-refractivity contribution in [3.05, 3.63) is 48.6 Å². The van der Waals surface area contributed by atoms with E-state index < -0.39 is 0 Å². The number of likely N-dealkylation sites (N-methyl/N-ethyl adjacent to an activating group) is 1. The topological polar surface area (TPSA) is 30.7 Å². The maximum Gasteiger partial charge on any atom is 0.365 e. The number of esters is 1. The van der Waals surface area contributed by atoms with Crippen LogP contribution in [0.3, 0.4) is 0 Å². The van der Waals surface area contributed by atoms with Crippen LogP contribution in [-0.4, -0.2) is 26.1 Å². The summed E-state index contributed by atoms with van der Waals surface area (Å²) in [5.74, 6) is -0.172. The van der Waals surface area contributed by atoms with Crippen molar-refractivity contribution in [2.24, 2.45) is 0 Å². The summed E-state index contributed by atoms with van der Waals surface area (Å²) in [6.45, 7) is 4.00. The fraction of sp³-hybridized carbons (Fsp3) is 0.357. The zero-order chi connectivity index (χ0) is 12.7. The Labute approximate surface area is 103 Å². The summed E-state index contributed by atoms with van der Waals surface area (Å²) >= 11 is 0. The molecule has 3 heteroatoms. The highest BCUT2D eigenvalue weighted by atomic mass is 16.5. The fourth-order valence-electron chi connectivity index (χ4n) is 1.56. The molecule has 92 valence electrons. The lowest BCUT2D eigenvalue weighted by Gasteiger charge is -2.18. The lowest BCUT2D eigenvalue weighted by atomic mass is 10.2. The molecule has 1 unspecified atom stereocenters. The van der Waals surface area contributed by atoms with E-state index in [9.17, 15) is 4.79 Å². The zero-order valence-electron chi connectivity index (χ0n) is 10.5. The lowest BCUT2D eigenvalue weighted by Crippen LogP contribution is -3.11.